The molecule has 3 rings (SSSR count). The third-order valence-corrected chi connectivity index (χ3v) is 3.55. The van der Waals surface area contributed by atoms with E-state index in [0.29, 0.717) is 18.0 Å². The second kappa shape index (κ2) is 2.20. The molecule has 2 saturated heterocycles. The van der Waals surface area contributed by atoms with Crippen molar-refractivity contribution in [2.45, 2.75) is 50.8 Å². The van der Waals surface area contributed by atoms with Crippen molar-refractivity contribution in [3.63, 3.8) is 0 Å². The van der Waals surface area contributed by atoms with E-state index in [2.05, 4.69) is 12.2 Å². The van der Waals surface area contributed by atoms with Crippen LogP contribution in [0.2, 0.25) is 0 Å². The van der Waals surface area contributed by atoms with E-state index < -0.39 is 5.60 Å². The summed E-state index contributed by atoms with van der Waals surface area (Å²) in [6.07, 6.45) is 3.46. The van der Waals surface area contributed by atoms with Crippen LogP contribution in [0.1, 0.15) is 33.1 Å². The van der Waals surface area contributed by atoms with Gasteiger partial charge in [0.05, 0.1) is 5.60 Å². The summed E-state index contributed by atoms with van der Waals surface area (Å²) in [7, 11) is 0. The smallest absolute Gasteiger partial charge is 0.0801 e. The largest absolute Gasteiger partial charge is 0.388 e. The van der Waals surface area contributed by atoms with Crippen molar-refractivity contribution in [3.8, 4) is 0 Å². The second-order valence-electron chi connectivity index (χ2n) is 4.22. The first-order valence-corrected chi connectivity index (χ1v) is 4.63. The zero-order chi connectivity index (χ0) is 8.06. The molecule has 2 heterocycles. The summed E-state index contributed by atoms with van der Waals surface area (Å²) in [4.78, 5) is 0. The Kier molecular flexibility index (Phi) is 1.52. The van der Waals surface area contributed by atoms with Gasteiger partial charge in [-0.15, -0.1) is 0 Å². The maximum Gasteiger partial charge on any atom is 0.0801 e. The van der Waals surface area contributed by atoms with Crippen LogP contribution in [-0.4, -0.2) is 22.8 Å². The van der Waals surface area contributed by atoms with Crippen molar-refractivity contribution in [3.05, 3.63) is 0 Å². The minimum atomic E-state index is -0.441. The highest BCUT2D eigenvalue weighted by Crippen LogP contribution is 2.41. The summed E-state index contributed by atoms with van der Waals surface area (Å²) >= 11 is 0. The van der Waals surface area contributed by atoms with Gasteiger partial charge in [-0.2, -0.15) is 0 Å². The number of nitrogens with one attached hydrogen (secondary N) is 1. The third-order valence-electron chi connectivity index (χ3n) is 3.55. The first kappa shape index (κ1) is 7.56. The third kappa shape index (κ3) is 0.926. The predicted molar refractivity (Wildman–Crippen MR) is 44.4 cm³/mol. The molecule has 2 N–H and O–H groups in total. The van der Waals surface area contributed by atoms with Crippen molar-refractivity contribution in [1.29, 1.82) is 0 Å². The van der Waals surface area contributed by atoms with E-state index >= 15 is 0 Å². The molecule has 3 fully saturated rings. The van der Waals surface area contributed by atoms with Crippen LogP contribution in [0.15, 0.2) is 0 Å². The van der Waals surface area contributed by atoms with Crippen LogP contribution in [0.3, 0.4) is 0 Å². The molecule has 0 aromatic carbocycles. The highest BCUT2D eigenvalue weighted by atomic mass is 16.3. The van der Waals surface area contributed by atoms with Gasteiger partial charge in [-0.3, -0.25) is 0 Å². The van der Waals surface area contributed by atoms with Gasteiger partial charge in [0.25, 0.3) is 0 Å². The Labute approximate surface area is 68.0 Å². The molecule has 3 aliphatic rings. The van der Waals surface area contributed by atoms with E-state index in [0.717, 1.165) is 6.42 Å². The quantitative estimate of drug-likeness (QED) is 0.589. The van der Waals surface area contributed by atoms with Crippen LogP contribution in [-0.2, 0) is 0 Å². The highest BCUT2D eigenvalue weighted by molar-refractivity contribution is 5.08. The van der Waals surface area contributed by atoms with E-state index in [4.69, 9.17) is 0 Å². The van der Waals surface area contributed by atoms with Crippen molar-refractivity contribution in [1.82, 2.24) is 5.32 Å². The van der Waals surface area contributed by atoms with Gasteiger partial charge >= 0.3 is 0 Å². The van der Waals surface area contributed by atoms with Gasteiger partial charge in [0, 0.05) is 12.1 Å². The summed E-state index contributed by atoms with van der Waals surface area (Å²) in [5, 5.41) is 13.5. The first-order chi connectivity index (χ1) is 5.14. The van der Waals surface area contributed by atoms with Gasteiger partial charge in [-0.25, -0.2) is 0 Å². The molecule has 0 aromatic rings. The molecule has 0 amide bonds. The Morgan fingerprint density at radius 1 is 1.55 bits per heavy atom. The van der Waals surface area contributed by atoms with Gasteiger partial charge in [0.1, 0.15) is 0 Å². The number of aliphatic hydroxyl groups is 1. The van der Waals surface area contributed by atoms with Crippen LogP contribution in [0.4, 0.5) is 0 Å². The maximum atomic E-state index is 10.1. The van der Waals surface area contributed by atoms with Gasteiger partial charge in [-0.1, -0.05) is 13.3 Å². The molecule has 1 aliphatic carbocycles. The van der Waals surface area contributed by atoms with Crippen LogP contribution in [0.25, 0.3) is 0 Å². The lowest BCUT2D eigenvalue weighted by Crippen LogP contribution is -2.70. The molecule has 64 valence electrons. The fraction of sp³-hybridized carbons (Fsp3) is 1.00. The molecule has 4 atom stereocenters. The molecule has 0 aromatic heterocycles. The summed E-state index contributed by atoms with van der Waals surface area (Å²) in [5.74, 6) is 0.521. The zero-order valence-corrected chi connectivity index (χ0v) is 7.30. The van der Waals surface area contributed by atoms with Crippen LogP contribution in [0.5, 0.6) is 0 Å². The van der Waals surface area contributed by atoms with Gasteiger partial charge in [0.15, 0.2) is 0 Å². The zero-order valence-electron chi connectivity index (χ0n) is 7.30. The first-order valence-electron chi connectivity index (χ1n) is 4.63. The maximum absolute atomic E-state index is 10.1. The van der Waals surface area contributed by atoms with E-state index in [1.165, 1.54) is 12.8 Å². The van der Waals surface area contributed by atoms with Crippen molar-refractivity contribution in [2.24, 2.45) is 5.92 Å². The van der Waals surface area contributed by atoms with E-state index in [9.17, 15) is 5.11 Å². The Balaban J connectivity index is 2.12. The SMILES string of the molecule is CCC1C[C@@H]2C[C@@H](N2)C1(C)O. The molecule has 2 unspecified atom stereocenters. The summed E-state index contributed by atoms with van der Waals surface area (Å²) < 4.78 is 0. The highest BCUT2D eigenvalue weighted by Gasteiger charge is 2.51. The molecule has 11 heavy (non-hydrogen) atoms. The van der Waals surface area contributed by atoms with Gasteiger partial charge < -0.3 is 10.4 Å². The Hall–Kier alpha value is -0.0800. The minimum absolute atomic E-state index is 0.381. The Morgan fingerprint density at radius 2 is 2.18 bits per heavy atom. The summed E-state index contributed by atoms with van der Waals surface area (Å²) in [6, 6.07) is 1.09. The molecule has 2 bridgehead atoms. The number of hydrogen-bond acceptors (Lipinski definition) is 2. The lowest BCUT2D eigenvalue weighted by Gasteiger charge is -2.55. The predicted octanol–water partition coefficient (Wildman–Crippen LogP) is 0.898. The lowest BCUT2D eigenvalue weighted by molar-refractivity contribution is -0.113. The second-order valence-corrected chi connectivity index (χ2v) is 4.22. The van der Waals surface area contributed by atoms with Crippen molar-refractivity contribution in [2.75, 3.05) is 0 Å². The minimum Gasteiger partial charge on any atom is -0.388 e. The summed E-state index contributed by atoms with van der Waals surface area (Å²) in [6.45, 7) is 4.15. The molecule has 0 spiro atoms. The topological polar surface area (TPSA) is 32.3 Å². The monoisotopic (exact) mass is 155 g/mol. The number of fused-ring (bicyclic) bond motifs is 2. The molecular weight excluding hydrogens is 138 g/mol. The summed E-state index contributed by atoms with van der Waals surface area (Å²) in [5.41, 5.74) is -0.441. The fourth-order valence-corrected chi connectivity index (χ4v) is 2.56. The Morgan fingerprint density at radius 3 is 2.55 bits per heavy atom. The van der Waals surface area contributed by atoms with Crippen LogP contribution < -0.4 is 5.32 Å². The standard InChI is InChI=1S/C9H17NO/c1-3-6-4-7-5-8(10-7)9(6,2)11/h6-8,10-11H,3-5H2,1-2H3/t6?,7-,8-,9?/m1/s1. The van der Waals surface area contributed by atoms with Crippen LogP contribution in [0, 0.1) is 5.92 Å². The van der Waals surface area contributed by atoms with Crippen LogP contribution >= 0.6 is 0 Å². The van der Waals surface area contributed by atoms with Gasteiger partial charge in [-0.05, 0) is 25.7 Å². The molecule has 2 heteroatoms. The molecule has 2 nitrogen and oxygen atoms in total. The van der Waals surface area contributed by atoms with E-state index in [1.807, 2.05) is 6.92 Å². The molecule has 0 radical (unpaired) electrons. The average molecular weight is 155 g/mol. The molecular formula is C9H17NO. The molecule has 1 saturated carbocycles. The normalized spacial score (nSPS) is 55.4. The fourth-order valence-electron chi connectivity index (χ4n) is 2.56. The number of piperidine rings is 1. The van der Waals surface area contributed by atoms with Crippen molar-refractivity contribution >= 4 is 0 Å². The number of rotatable bonds is 1. The lowest BCUT2D eigenvalue weighted by atomic mass is 9.65. The van der Waals surface area contributed by atoms with Crippen molar-refractivity contribution < 1.29 is 5.11 Å². The molecule has 2 aliphatic heterocycles. The van der Waals surface area contributed by atoms with E-state index in [1.54, 1.807) is 0 Å². The number of hydrogen-bond donors (Lipinski definition) is 2. The average Bonchev–Trinajstić information content (AvgIpc) is 1.83. The van der Waals surface area contributed by atoms with Gasteiger partial charge in [0.2, 0.25) is 0 Å². The Bertz CT molecular complexity index is 161. The van der Waals surface area contributed by atoms with E-state index in [-0.39, 0.29) is 0 Å².